The third kappa shape index (κ3) is 71.1. The highest BCUT2D eigenvalue weighted by Gasteiger charge is 2.30. The lowest BCUT2D eigenvalue weighted by Crippen LogP contribution is -2.30. The van der Waals surface area contributed by atoms with E-state index >= 15 is 0 Å². The largest absolute Gasteiger partial charge is 0.472 e. The minimum Gasteiger partial charge on any atom is -0.462 e. The van der Waals surface area contributed by atoms with Crippen LogP contribution in [0, 0.1) is 17.8 Å². The fraction of sp³-hybridized carbons (Fsp3) is 0.949. The summed E-state index contributed by atoms with van der Waals surface area (Å²) < 4.78 is 68.6. The van der Waals surface area contributed by atoms with Crippen LogP contribution in [0.15, 0.2) is 0 Å². The Bertz CT molecular complexity index is 1910. The number of carbonyl (C=O) groups excluding carboxylic acids is 4. The van der Waals surface area contributed by atoms with Crippen LogP contribution in [0.4, 0.5) is 0 Å². The molecule has 0 bridgehead atoms. The molecule has 0 aromatic carbocycles. The molecule has 3 unspecified atom stereocenters. The van der Waals surface area contributed by atoms with E-state index in [9.17, 15) is 43.2 Å². The first kappa shape index (κ1) is 96.1. The van der Waals surface area contributed by atoms with Crippen molar-refractivity contribution in [2.45, 2.75) is 426 Å². The summed E-state index contributed by atoms with van der Waals surface area (Å²) in [5.74, 6) is 0.114. The van der Waals surface area contributed by atoms with Crippen LogP contribution in [0.5, 0.6) is 0 Å². The summed E-state index contributed by atoms with van der Waals surface area (Å²) in [4.78, 5) is 72.9. The van der Waals surface area contributed by atoms with Gasteiger partial charge in [-0.3, -0.25) is 37.3 Å². The first-order valence-corrected chi connectivity index (χ1v) is 43.9. The zero-order chi connectivity index (χ0) is 72.3. The van der Waals surface area contributed by atoms with Crippen molar-refractivity contribution in [2.75, 3.05) is 39.6 Å². The number of carbonyl (C=O) groups is 4. The quantitative estimate of drug-likeness (QED) is 0.0222. The van der Waals surface area contributed by atoms with Crippen LogP contribution in [0.1, 0.15) is 408 Å². The number of hydrogen-bond acceptors (Lipinski definition) is 15. The van der Waals surface area contributed by atoms with Crippen molar-refractivity contribution in [1.82, 2.24) is 0 Å². The minimum atomic E-state index is -4.96. The number of phosphoric ester groups is 2. The predicted molar refractivity (Wildman–Crippen MR) is 400 cm³/mol. The van der Waals surface area contributed by atoms with Gasteiger partial charge in [0.2, 0.25) is 0 Å². The van der Waals surface area contributed by atoms with Crippen molar-refractivity contribution in [3.63, 3.8) is 0 Å². The van der Waals surface area contributed by atoms with Crippen molar-refractivity contribution in [3.05, 3.63) is 0 Å². The number of phosphoric acid groups is 2. The summed E-state index contributed by atoms with van der Waals surface area (Å²) in [7, 11) is -9.91. The van der Waals surface area contributed by atoms with Crippen molar-refractivity contribution in [1.29, 1.82) is 0 Å². The smallest absolute Gasteiger partial charge is 0.462 e. The Hall–Kier alpha value is -1.94. The van der Waals surface area contributed by atoms with E-state index in [0.717, 1.165) is 108 Å². The van der Waals surface area contributed by atoms with Gasteiger partial charge in [-0.25, -0.2) is 9.13 Å². The van der Waals surface area contributed by atoms with Gasteiger partial charge >= 0.3 is 39.5 Å². The third-order valence-electron chi connectivity index (χ3n) is 18.7. The molecule has 0 amide bonds. The SMILES string of the molecule is CCCCCCCCCCCCCCCCCCCCCCC(=O)O[C@H](COC(=O)CCCCCCCCCCCCCCCCCC(C)C)COP(=O)(O)OC[C@@H](O)COP(=O)(O)OC[C@@H](COC(=O)CCCCCCCCC(C)CC)OC(=O)CCCCCCCCCC(C)C. The molecule has 0 spiro atoms. The van der Waals surface area contributed by atoms with Gasteiger partial charge in [-0.05, 0) is 43.4 Å². The van der Waals surface area contributed by atoms with Gasteiger partial charge in [-0.1, -0.05) is 357 Å². The molecule has 0 aliphatic carbocycles. The van der Waals surface area contributed by atoms with Crippen LogP contribution in [0.25, 0.3) is 0 Å². The number of esters is 4. The second-order valence-electron chi connectivity index (χ2n) is 29.6. The summed E-state index contributed by atoms with van der Waals surface area (Å²) in [6.07, 6.45) is 57.2. The van der Waals surface area contributed by atoms with Gasteiger partial charge < -0.3 is 33.8 Å². The van der Waals surface area contributed by atoms with Crippen molar-refractivity contribution < 1.29 is 80.2 Å². The monoisotopic (exact) mass is 1440 g/mol. The maximum Gasteiger partial charge on any atom is 0.472 e. The van der Waals surface area contributed by atoms with E-state index in [-0.39, 0.29) is 25.7 Å². The normalized spacial score (nSPS) is 14.3. The van der Waals surface area contributed by atoms with E-state index in [1.807, 2.05) is 0 Å². The van der Waals surface area contributed by atoms with E-state index in [1.54, 1.807) is 0 Å². The Balaban J connectivity index is 5.21. The Morgan fingerprint density at radius 2 is 0.520 bits per heavy atom. The molecule has 17 nitrogen and oxygen atoms in total. The van der Waals surface area contributed by atoms with E-state index in [4.69, 9.17) is 37.0 Å². The number of unbranched alkanes of at least 4 members (excludes halogenated alkanes) is 44. The second kappa shape index (κ2) is 69.4. The highest BCUT2D eigenvalue weighted by Crippen LogP contribution is 2.45. The molecule has 0 rings (SSSR count). The molecule has 0 fully saturated rings. The molecule has 19 heteroatoms. The van der Waals surface area contributed by atoms with Crippen molar-refractivity contribution in [3.8, 4) is 0 Å². The number of aliphatic hydroxyl groups excluding tert-OH is 1. The van der Waals surface area contributed by atoms with E-state index in [1.165, 1.54) is 212 Å². The Labute approximate surface area is 600 Å². The van der Waals surface area contributed by atoms with Crippen LogP contribution in [-0.2, 0) is 65.4 Å². The molecule has 582 valence electrons. The summed E-state index contributed by atoms with van der Waals surface area (Å²) >= 11 is 0. The van der Waals surface area contributed by atoms with Gasteiger partial charge in [0.25, 0.3) is 0 Å². The van der Waals surface area contributed by atoms with E-state index in [0.29, 0.717) is 31.6 Å². The molecule has 3 N–H and O–H groups in total. The number of ether oxygens (including phenoxy) is 4. The molecule has 0 saturated heterocycles. The summed E-state index contributed by atoms with van der Waals surface area (Å²) in [6, 6.07) is 0. The van der Waals surface area contributed by atoms with Crippen molar-refractivity contribution >= 4 is 39.5 Å². The van der Waals surface area contributed by atoms with Gasteiger partial charge in [-0.15, -0.1) is 0 Å². The number of aliphatic hydroxyl groups is 1. The fourth-order valence-corrected chi connectivity index (χ4v) is 13.7. The summed E-state index contributed by atoms with van der Waals surface area (Å²) in [6.45, 7) is 11.8. The zero-order valence-corrected chi connectivity index (χ0v) is 66.0. The predicted octanol–water partition coefficient (Wildman–Crippen LogP) is 23.4. The molecule has 0 aliphatic rings. The standard InChI is InChI=1S/C79H154O17P2/c1-8-10-11-12-13-14-15-16-17-18-19-20-21-24-28-31-34-39-48-55-62-78(83)95-74(66-89-76(81)60-53-46-38-33-30-27-25-22-23-26-29-32-36-43-50-57-70(3)4)68-93-97(85,86)91-64-73(80)65-92-98(87,88)94-69-75(96-79(84)63-56-49-40-35-37-44-51-58-71(5)6)67-90-77(82)61-54-47-42-41-45-52-59-72(7)9-2/h70-75,80H,8-69H2,1-7H3,(H,85,86)(H,87,88)/t72?,73-,74-,75-/m1/s1. The van der Waals surface area contributed by atoms with Gasteiger partial charge in [0.05, 0.1) is 26.4 Å². The maximum absolute atomic E-state index is 13.1. The van der Waals surface area contributed by atoms with Gasteiger partial charge in [0.1, 0.15) is 19.3 Å². The maximum atomic E-state index is 13.1. The molecule has 0 aromatic heterocycles. The molecule has 6 atom stereocenters. The van der Waals surface area contributed by atoms with Crippen molar-refractivity contribution in [2.24, 2.45) is 17.8 Å². The summed E-state index contributed by atoms with van der Waals surface area (Å²) in [5.41, 5.74) is 0. The molecule has 0 aromatic rings. The minimum absolute atomic E-state index is 0.103. The molecular formula is C79H154O17P2. The number of hydrogen-bond donors (Lipinski definition) is 3. The Morgan fingerprint density at radius 1 is 0.296 bits per heavy atom. The van der Waals surface area contributed by atoms with Crippen LogP contribution in [-0.4, -0.2) is 96.7 Å². The average Bonchev–Trinajstić information content (AvgIpc) is 1.07. The van der Waals surface area contributed by atoms with Crippen LogP contribution in [0.2, 0.25) is 0 Å². The lowest BCUT2D eigenvalue weighted by molar-refractivity contribution is -0.161. The molecule has 98 heavy (non-hydrogen) atoms. The zero-order valence-electron chi connectivity index (χ0n) is 64.3. The highest BCUT2D eigenvalue weighted by molar-refractivity contribution is 7.47. The molecule has 0 saturated carbocycles. The van der Waals surface area contributed by atoms with Crippen LogP contribution in [0.3, 0.4) is 0 Å². The second-order valence-corrected chi connectivity index (χ2v) is 32.6. The molecule has 0 heterocycles. The lowest BCUT2D eigenvalue weighted by Gasteiger charge is -2.21. The summed E-state index contributed by atoms with van der Waals surface area (Å²) in [5, 5.41) is 10.6. The van der Waals surface area contributed by atoms with Gasteiger partial charge in [0, 0.05) is 25.7 Å². The number of rotatable bonds is 77. The lowest BCUT2D eigenvalue weighted by atomic mass is 10.00. The molecule has 0 radical (unpaired) electrons. The Morgan fingerprint density at radius 3 is 0.776 bits per heavy atom. The van der Waals surface area contributed by atoms with Gasteiger partial charge in [0.15, 0.2) is 12.2 Å². The first-order valence-electron chi connectivity index (χ1n) is 40.9. The average molecular weight is 1440 g/mol. The van der Waals surface area contributed by atoms with Crippen LogP contribution < -0.4 is 0 Å². The van der Waals surface area contributed by atoms with E-state index in [2.05, 4.69) is 48.5 Å². The van der Waals surface area contributed by atoms with Gasteiger partial charge in [-0.2, -0.15) is 0 Å². The third-order valence-corrected chi connectivity index (χ3v) is 20.6. The van der Waals surface area contributed by atoms with E-state index < -0.39 is 97.5 Å². The highest BCUT2D eigenvalue weighted by atomic mass is 31.2. The first-order chi connectivity index (χ1) is 47.3. The van der Waals surface area contributed by atoms with Crippen LogP contribution >= 0.6 is 15.6 Å². The molecule has 0 aliphatic heterocycles. The topological polar surface area (TPSA) is 237 Å². The molecular weight excluding hydrogens is 1280 g/mol. The fourth-order valence-electron chi connectivity index (χ4n) is 12.1. The Kier molecular flexibility index (Phi) is 68.1.